The maximum absolute atomic E-state index is 11.8. The van der Waals surface area contributed by atoms with Crippen molar-refractivity contribution in [1.29, 1.82) is 0 Å². The number of methoxy groups -OCH3 is 1. The number of esters is 1. The van der Waals surface area contributed by atoms with E-state index in [1.54, 1.807) is 42.7 Å². The molecule has 0 bridgehead atoms. The summed E-state index contributed by atoms with van der Waals surface area (Å²) in [6.07, 6.45) is 3.77. The lowest BCUT2D eigenvalue weighted by atomic mass is 10.1. The summed E-state index contributed by atoms with van der Waals surface area (Å²) in [5, 5.41) is 5.93. The Kier molecular flexibility index (Phi) is 5.07. The maximum Gasteiger partial charge on any atom is 0.337 e. The van der Waals surface area contributed by atoms with Gasteiger partial charge in [0, 0.05) is 24.6 Å². The SMILES string of the molecule is COC(=O)c1cccc(CCNc2c(Nc3ccncc3)c(=O)c2=O)c1. The largest absolute Gasteiger partial charge is 0.465 e. The molecule has 1 aromatic heterocycles. The van der Waals surface area contributed by atoms with E-state index in [9.17, 15) is 14.4 Å². The number of hydrogen-bond donors (Lipinski definition) is 2. The molecule has 0 radical (unpaired) electrons. The minimum absolute atomic E-state index is 0.254. The van der Waals surface area contributed by atoms with Crippen LogP contribution in [0.1, 0.15) is 15.9 Å². The van der Waals surface area contributed by atoms with Crippen LogP contribution in [0, 0.1) is 0 Å². The molecule has 0 atom stereocenters. The van der Waals surface area contributed by atoms with E-state index in [0.717, 1.165) is 5.56 Å². The number of carbonyl (C=O) groups excluding carboxylic acids is 1. The summed E-state index contributed by atoms with van der Waals surface area (Å²) in [5.74, 6) is -0.397. The molecule has 3 rings (SSSR count). The smallest absolute Gasteiger partial charge is 0.337 e. The summed E-state index contributed by atoms with van der Waals surface area (Å²) >= 11 is 0. The molecular formula is C19H17N3O4. The Balaban J connectivity index is 1.64. The summed E-state index contributed by atoms with van der Waals surface area (Å²) in [5.41, 5.74) is 1.52. The third kappa shape index (κ3) is 3.61. The van der Waals surface area contributed by atoms with E-state index in [2.05, 4.69) is 15.6 Å². The van der Waals surface area contributed by atoms with Crippen LogP contribution in [0.2, 0.25) is 0 Å². The van der Waals surface area contributed by atoms with Gasteiger partial charge in [0.1, 0.15) is 11.4 Å². The fourth-order valence-corrected chi connectivity index (χ4v) is 2.56. The quantitative estimate of drug-likeness (QED) is 0.495. The van der Waals surface area contributed by atoms with Crippen LogP contribution in [-0.4, -0.2) is 24.6 Å². The third-order valence-electron chi connectivity index (χ3n) is 3.92. The van der Waals surface area contributed by atoms with Crippen molar-refractivity contribution in [3.8, 4) is 0 Å². The minimum Gasteiger partial charge on any atom is -0.465 e. The standard InChI is InChI=1S/C19H17N3O4/c1-26-19(25)13-4-2-3-12(11-13)5-10-21-15-16(18(24)17(15)23)22-14-6-8-20-9-7-14/h2-4,6-9,11,21H,5,10H2,1H3,(H,20,22). The Bertz CT molecular complexity index is 992. The summed E-state index contributed by atoms with van der Waals surface area (Å²) < 4.78 is 4.70. The molecule has 2 aromatic carbocycles. The van der Waals surface area contributed by atoms with Crippen molar-refractivity contribution >= 4 is 23.0 Å². The number of anilines is 3. The molecule has 0 saturated carbocycles. The average Bonchev–Trinajstić information content (AvgIpc) is 2.70. The van der Waals surface area contributed by atoms with Gasteiger partial charge in [-0.1, -0.05) is 12.1 Å². The number of nitrogens with one attached hydrogen (secondary N) is 2. The number of carbonyl (C=O) groups is 1. The average molecular weight is 351 g/mol. The van der Waals surface area contributed by atoms with E-state index in [0.29, 0.717) is 24.2 Å². The first-order chi connectivity index (χ1) is 12.6. The zero-order valence-corrected chi connectivity index (χ0v) is 14.1. The highest BCUT2D eigenvalue weighted by atomic mass is 16.5. The lowest BCUT2D eigenvalue weighted by molar-refractivity contribution is 0.0600. The van der Waals surface area contributed by atoms with E-state index in [1.165, 1.54) is 7.11 Å². The molecular weight excluding hydrogens is 334 g/mol. The van der Waals surface area contributed by atoms with Gasteiger partial charge in [0.15, 0.2) is 0 Å². The zero-order valence-electron chi connectivity index (χ0n) is 14.1. The van der Waals surface area contributed by atoms with Crippen molar-refractivity contribution < 1.29 is 9.53 Å². The number of pyridine rings is 1. The lowest BCUT2D eigenvalue weighted by Crippen LogP contribution is -2.37. The monoisotopic (exact) mass is 351 g/mol. The Hall–Kier alpha value is -3.48. The van der Waals surface area contributed by atoms with Crippen molar-refractivity contribution in [2.75, 3.05) is 24.3 Å². The summed E-state index contributed by atoms with van der Waals surface area (Å²) in [7, 11) is 1.33. The van der Waals surface area contributed by atoms with E-state index < -0.39 is 16.8 Å². The topological polar surface area (TPSA) is 97.4 Å². The number of ether oxygens (including phenoxy) is 1. The Morgan fingerprint density at radius 3 is 2.54 bits per heavy atom. The fourth-order valence-electron chi connectivity index (χ4n) is 2.56. The molecule has 132 valence electrons. The van der Waals surface area contributed by atoms with Gasteiger partial charge in [-0.15, -0.1) is 0 Å². The number of benzene rings is 1. The van der Waals surface area contributed by atoms with E-state index >= 15 is 0 Å². The van der Waals surface area contributed by atoms with Gasteiger partial charge in [0.25, 0.3) is 10.9 Å². The molecule has 26 heavy (non-hydrogen) atoms. The van der Waals surface area contributed by atoms with Crippen LogP contribution < -0.4 is 21.5 Å². The number of aromatic nitrogens is 1. The van der Waals surface area contributed by atoms with Crippen LogP contribution in [-0.2, 0) is 11.2 Å². The first-order valence-electron chi connectivity index (χ1n) is 8.01. The van der Waals surface area contributed by atoms with Crippen LogP contribution >= 0.6 is 0 Å². The molecule has 0 saturated heterocycles. The molecule has 7 nitrogen and oxygen atoms in total. The predicted octanol–water partition coefficient (Wildman–Crippen LogP) is 1.86. The van der Waals surface area contributed by atoms with Crippen LogP contribution in [0.25, 0.3) is 0 Å². The highest BCUT2D eigenvalue weighted by Crippen LogP contribution is 2.20. The normalized spacial score (nSPS) is 10.5. The molecule has 0 unspecified atom stereocenters. The molecule has 3 aromatic rings. The van der Waals surface area contributed by atoms with Gasteiger partial charge in [0.2, 0.25) is 0 Å². The fraction of sp³-hybridized carbons (Fsp3) is 0.158. The molecule has 0 amide bonds. The highest BCUT2D eigenvalue weighted by Gasteiger charge is 2.20. The van der Waals surface area contributed by atoms with E-state index in [4.69, 9.17) is 4.74 Å². The highest BCUT2D eigenvalue weighted by molar-refractivity contribution is 5.89. The predicted molar refractivity (Wildman–Crippen MR) is 98.8 cm³/mol. The second-order valence-corrected chi connectivity index (χ2v) is 5.64. The molecule has 2 N–H and O–H groups in total. The molecule has 0 fully saturated rings. The van der Waals surface area contributed by atoms with Gasteiger partial charge in [0.05, 0.1) is 12.7 Å². The third-order valence-corrected chi connectivity index (χ3v) is 3.92. The first-order valence-corrected chi connectivity index (χ1v) is 8.01. The van der Waals surface area contributed by atoms with Crippen molar-refractivity contribution in [2.24, 2.45) is 0 Å². The van der Waals surface area contributed by atoms with Crippen molar-refractivity contribution in [2.45, 2.75) is 6.42 Å². The van der Waals surface area contributed by atoms with Crippen molar-refractivity contribution in [3.63, 3.8) is 0 Å². The molecule has 0 aliphatic carbocycles. The van der Waals surface area contributed by atoms with Gasteiger partial charge >= 0.3 is 5.97 Å². The van der Waals surface area contributed by atoms with Gasteiger partial charge in [-0.05, 0) is 36.2 Å². The maximum atomic E-state index is 11.8. The minimum atomic E-state index is -0.544. The van der Waals surface area contributed by atoms with Crippen LogP contribution in [0.15, 0.2) is 58.4 Å². The summed E-state index contributed by atoms with van der Waals surface area (Å²) in [6.45, 7) is 0.445. The van der Waals surface area contributed by atoms with Crippen molar-refractivity contribution in [3.05, 3.63) is 80.4 Å². The molecule has 7 heteroatoms. The van der Waals surface area contributed by atoms with Crippen LogP contribution in [0.5, 0.6) is 0 Å². The Labute approximate surface area is 149 Å². The van der Waals surface area contributed by atoms with Crippen LogP contribution in [0.4, 0.5) is 17.1 Å². The first kappa shape index (κ1) is 17.3. The van der Waals surface area contributed by atoms with Gasteiger partial charge in [-0.3, -0.25) is 14.6 Å². The second-order valence-electron chi connectivity index (χ2n) is 5.64. The second kappa shape index (κ2) is 7.60. The van der Waals surface area contributed by atoms with E-state index in [-0.39, 0.29) is 11.4 Å². The Morgan fingerprint density at radius 1 is 1.08 bits per heavy atom. The van der Waals surface area contributed by atoms with Gasteiger partial charge in [-0.2, -0.15) is 0 Å². The van der Waals surface area contributed by atoms with Gasteiger partial charge in [-0.25, -0.2) is 4.79 Å². The van der Waals surface area contributed by atoms with Crippen LogP contribution in [0.3, 0.4) is 0 Å². The van der Waals surface area contributed by atoms with Gasteiger partial charge < -0.3 is 15.4 Å². The van der Waals surface area contributed by atoms with E-state index in [1.807, 2.05) is 6.07 Å². The molecule has 1 heterocycles. The molecule has 0 aliphatic heterocycles. The zero-order chi connectivity index (χ0) is 18.5. The number of nitrogens with zero attached hydrogens (tertiary/aromatic N) is 1. The molecule has 0 spiro atoms. The lowest BCUT2D eigenvalue weighted by Gasteiger charge is -2.15. The van der Waals surface area contributed by atoms with Crippen molar-refractivity contribution in [1.82, 2.24) is 4.98 Å². The number of hydrogen-bond acceptors (Lipinski definition) is 7. The number of rotatable bonds is 7. The summed E-state index contributed by atoms with van der Waals surface area (Å²) in [6, 6.07) is 10.5. The Morgan fingerprint density at radius 2 is 1.81 bits per heavy atom. The molecule has 0 aliphatic rings. The summed E-state index contributed by atoms with van der Waals surface area (Å²) in [4.78, 5) is 39.0.